The van der Waals surface area contributed by atoms with E-state index in [1.807, 2.05) is 61.5 Å². The molecular formula is C22H19N5O. The Labute approximate surface area is 162 Å². The van der Waals surface area contributed by atoms with Crippen LogP contribution < -0.4 is 5.32 Å². The minimum atomic E-state index is -0.233. The maximum Gasteiger partial charge on any atom is 0.281 e. The molecule has 0 atom stereocenters. The van der Waals surface area contributed by atoms with Crippen molar-refractivity contribution in [3.05, 3.63) is 95.8 Å². The van der Waals surface area contributed by atoms with Gasteiger partial charge in [0.05, 0.1) is 0 Å². The first kappa shape index (κ1) is 17.6. The highest BCUT2D eigenvalue weighted by Crippen LogP contribution is 2.19. The highest BCUT2D eigenvalue weighted by molar-refractivity contribution is 5.97. The van der Waals surface area contributed by atoms with Gasteiger partial charge in [-0.05, 0) is 36.8 Å². The summed E-state index contributed by atoms with van der Waals surface area (Å²) in [6.45, 7) is 2.52. The van der Waals surface area contributed by atoms with Gasteiger partial charge in [0.1, 0.15) is 0 Å². The molecule has 28 heavy (non-hydrogen) atoms. The molecule has 0 saturated heterocycles. The summed E-state index contributed by atoms with van der Waals surface area (Å²) in [5.74, 6) is 0.642. The molecule has 1 N–H and O–H groups in total. The number of aryl methyl sites for hydroxylation is 1. The van der Waals surface area contributed by atoms with Crippen molar-refractivity contribution in [2.24, 2.45) is 0 Å². The fraction of sp³-hybridized carbons (Fsp3) is 0.0909. The van der Waals surface area contributed by atoms with Gasteiger partial charge in [0.15, 0.2) is 5.82 Å². The van der Waals surface area contributed by atoms with E-state index in [1.54, 1.807) is 24.5 Å². The van der Waals surface area contributed by atoms with Crippen LogP contribution in [0.5, 0.6) is 0 Å². The molecule has 0 bridgehead atoms. The number of anilines is 1. The highest BCUT2D eigenvalue weighted by atomic mass is 16.2. The Morgan fingerprint density at radius 3 is 2.39 bits per heavy atom. The van der Waals surface area contributed by atoms with Crippen molar-refractivity contribution < 1.29 is 4.79 Å². The number of aromatic nitrogens is 4. The third-order valence-corrected chi connectivity index (χ3v) is 4.33. The van der Waals surface area contributed by atoms with Crippen LogP contribution in [0, 0.1) is 6.92 Å². The number of hydrogen-bond acceptors (Lipinski definition) is 5. The van der Waals surface area contributed by atoms with Gasteiger partial charge >= 0.3 is 0 Å². The zero-order chi connectivity index (χ0) is 19.3. The van der Waals surface area contributed by atoms with Crippen LogP contribution in [0.4, 0.5) is 5.95 Å². The third-order valence-electron chi connectivity index (χ3n) is 4.33. The van der Waals surface area contributed by atoms with Crippen molar-refractivity contribution in [1.82, 2.24) is 19.7 Å². The molecule has 2 aromatic carbocycles. The highest BCUT2D eigenvalue weighted by Gasteiger charge is 2.18. The first-order valence-electron chi connectivity index (χ1n) is 8.97. The summed E-state index contributed by atoms with van der Waals surface area (Å²) in [5, 5.41) is 7.69. The molecule has 0 spiro atoms. The number of carbonyl (C=O) groups is 1. The number of benzene rings is 2. The molecule has 0 amide bonds. The maximum absolute atomic E-state index is 13.0. The van der Waals surface area contributed by atoms with Crippen molar-refractivity contribution >= 4 is 11.9 Å². The zero-order valence-electron chi connectivity index (χ0n) is 15.4. The molecule has 2 heterocycles. The SMILES string of the molecule is Cc1ccc(C(=O)n2nc(-c3ccncc3)nc2NCc2ccccc2)cc1. The second-order valence-electron chi connectivity index (χ2n) is 6.42. The first-order valence-corrected chi connectivity index (χ1v) is 8.97. The molecule has 0 radical (unpaired) electrons. The summed E-state index contributed by atoms with van der Waals surface area (Å²) < 4.78 is 1.32. The van der Waals surface area contributed by atoms with E-state index in [-0.39, 0.29) is 5.91 Å². The van der Waals surface area contributed by atoms with E-state index in [9.17, 15) is 4.79 Å². The largest absolute Gasteiger partial charge is 0.350 e. The molecule has 0 aliphatic rings. The number of carbonyl (C=O) groups excluding carboxylic acids is 1. The average Bonchev–Trinajstić information content (AvgIpc) is 3.18. The predicted octanol–water partition coefficient (Wildman–Crippen LogP) is 3.95. The number of pyridine rings is 1. The van der Waals surface area contributed by atoms with Crippen LogP contribution in [0.25, 0.3) is 11.4 Å². The Hall–Kier alpha value is -3.80. The van der Waals surface area contributed by atoms with E-state index in [0.717, 1.165) is 16.7 Å². The van der Waals surface area contributed by atoms with Gasteiger partial charge in [-0.3, -0.25) is 9.78 Å². The van der Waals surface area contributed by atoms with E-state index in [1.165, 1.54) is 4.68 Å². The van der Waals surface area contributed by atoms with E-state index in [2.05, 4.69) is 20.4 Å². The van der Waals surface area contributed by atoms with E-state index < -0.39 is 0 Å². The summed E-state index contributed by atoms with van der Waals surface area (Å²) in [6.07, 6.45) is 3.35. The smallest absolute Gasteiger partial charge is 0.281 e. The minimum absolute atomic E-state index is 0.233. The maximum atomic E-state index is 13.0. The van der Waals surface area contributed by atoms with Crippen molar-refractivity contribution in [2.45, 2.75) is 13.5 Å². The van der Waals surface area contributed by atoms with Gasteiger partial charge in [-0.1, -0.05) is 48.0 Å². The summed E-state index contributed by atoms with van der Waals surface area (Å²) >= 11 is 0. The number of nitrogens with one attached hydrogen (secondary N) is 1. The van der Waals surface area contributed by atoms with Crippen LogP contribution >= 0.6 is 0 Å². The molecular weight excluding hydrogens is 350 g/mol. The molecule has 0 aliphatic heterocycles. The molecule has 4 aromatic rings. The van der Waals surface area contributed by atoms with Crippen LogP contribution in [0.15, 0.2) is 79.1 Å². The zero-order valence-corrected chi connectivity index (χ0v) is 15.4. The summed E-state index contributed by atoms with van der Waals surface area (Å²) in [6, 6.07) is 21.0. The Morgan fingerprint density at radius 2 is 1.68 bits per heavy atom. The Bertz CT molecular complexity index is 1070. The van der Waals surface area contributed by atoms with Crippen LogP contribution in [0.2, 0.25) is 0 Å². The molecule has 6 nitrogen and oxygen atoms in total. The fourth-order valence-corrected chi connectivity index (χ4v) is 2.79. The lowest BCUT2D eigenvalue weighted by Gasteiger charge is -2.07. The van der Waals surface area contributed by atoms with Gasteiger partial charge in [0, 0.05) is 30.1 Å². The molecule has 0 saturated carbocycles. The van der Waals surface area contributed by atoms with Crippen LogP contribution in [0.1, 0.15) is 21.5 Å². The molecule has 0 unspecified atom stereocenters. The standard InChI is InChI=1S/C22H19N5O/c1-16-7-9-19(10-8-16)21(28)27-22(24-15-17-5-3-2-4-6-17)25-20(26-27)18-11-13-23-14-12-18/h2-14H,15H2,1H3,(H,24,25,26). The van der Waals surface area contributed by atoms with Gasteiger partial charge in [-0.2, -0.15) is 9.67 Å². The topological polar surface area (TPSA) is 72.7 Å². The Kier molecular flexibility index (Phi) is 4.93. The van der Waals surface area contributed by atoms with E-state index in [0.29, 0.717) is 23.9 Å². The lowest BCUT2D eigenvalue weighted by Crippen LogP contribution is -2.17. The first-order chi connectivity index (χ1) is 13.7. The summed E-state index contributed by atoms with van der Waals surface area (Å²) in [4.78, 5) is 21.6. The van der Waals surface area contributed by atoms with Crippen molar-refractivity contribution in [3.8, 4) is 11.4 Å². The van der Waals surface area contributed by atoms with Crippen LogP contribution in [-0.4, -0.2) is 25.7 Å². The lowest BCUT2D eigenvalue weighted by molar-refractivity contribution is 0.0947. The normalized spacial score (nSPS) is 10.6. The van der Waals surface area contributed by atoms with Gasteiger partial charge in [0.2, 0.25) is 5.95 Å². The summed E-state index contributed by atoms with van der Waals surface area (Å²) in [5.41, 5.74) is 3.54. The van der Waals surface area contributed by atoms with E-state index in [4.69, 9.17) is 0 Å². The second kappa shape index (κ2) is 7.84. The predicted molar refractivity (Wildman–Crippen MR) is 108 cm³/mol. The average molecular weight is 369 g/mol. The van der Waals surface area contributed by atoms with Crippen molar-refractivity contribution in [3.63, 3.8) is 0 Å². The van der Waals surface area contributed by atoms with Crippen molar-refractivity contribution in [2.75, 3.05) is 5.32 Å². The number of nitrogens with zero attached hydrogens (tertiary/aromatic N) is 4. The molecule has 0 aliphatic carbocycles. The van der Waals surface area contributed by atoms with Gasteiger partial charge < -0.3 is 5.32 Å². The number of rotatable bonds is 5. The molecule has 6 heteroatoms. The Morgan fingerprint density at radius 1 is 0.964 bits per heavy atom. The minimum Gasteiger partial charge on any atom is -0.350 e. The third kappa shape index (κ3) is 3.81. The molecule has 2 aromatic heterocycles. The van der Waals surface area contributed by atoms with Gasteiger partial charge in [-0.15, -0.1) is 5.10 Å². The molecule has 0 fully saturated rings. The second-order valence-corrected chi connectivity index (χ2v) is 6.42. The van der Waals surface area contributed by atoms with Crippen molar-refractivity contribution in [1.29, 1.82) is 0 Å². The molecule has 4 rings (SSSR count). The summed E-state index contributed by atoms with van der Waals surface area (Å²) in [7, 11) is 0. The quantitative estimate of drug-likeness (QED) is 0.577. The van der Waals surface area contributed by atoms with Crippen LogP contribution in [-0.2, 0) is 6.54 Å². The number of hydrogen-bond donors (Lipinski definition) is 1. The monoisotopic (exact) mass is 369 g/mol. The van der Waals surface area contributed by atoms with E-state index >= 15 is 0 Å². The van der Waals surface area contributed by atoms with Gasteiger partial charge in [0.25, 0.3) is 5.91 Å². The van der Waals surface area contributed by atoms with Crippen LogP contribution in [0.3, 0.4) is 0 Å². The lowest BCUT2D eigenvalue weighted by atomic mass is 10.1. The Balaban J connectivity index is 1.69. The van der Waals surface area contributed by atoms with Gasteiger partial charge in [-0.25, -0.2) is 0 Å². The molecule has 138 valence electrons. The fourth-order valence-electron chi connectivity index (χ4n) is 2.79.